The molecule has 0 saturated carbocycles. The number of hydrogen-bond acceptors (Lipinski definition) is 3. The molecule has 0 aliphatic carbocycles. The summed E-state index contributed by atoms with van der Waals surface area (Å²) < 4.78 is 5.46. The molecule has 1 aromatic heterocycles. The molecule has 2 rings (SSSR count). The average molecular weight is 222 g/mol. The molecule has 0 radical (unpaired) electrons. The van der Waals surface area contributed by atoms with Gasteiger partial charge in [0, 0.05) is 25.2 Å². The van der Waals surface area contributed by atoms with Gasteiger partial charge >= 0.3 is 0 Å². The van der Waals surface area contributed by atoms with Crippen molar-refractivity contribution >= 4 is 5.91 Å². The van der Waals surface area contributed by atoms with Gasteiger partial charge in [-0.3, -0.25) is 4.79 Å². The maximum Gasteiger partial charge on any atom is 0.289 e. The predicted octanol–water partition coefficient (Wildman–Crippen LogP) is 1.33. The molecule has 16 heavy (non-hydrogen) atoms. The topological polar surface area (TPSA) is 45.5 Å². The molecule has 1 amide bonds. The summed E-state index contributed by atoms with van der Waals surface area (Å²) in [6.45, 7) is 7.21. The molecule has 1 saturated heterocycles. The predicted molar refractivity (Wildman–Crippen MR) is 61.6 cm³/mol. The Kier molecular flexibility index (Phi) is 3.29. The van der Waals surface area contributed by atoms with Gasteiger partial charge in [-0.05, 0) is 32.9 Å². The summed E-state index contributed by atoms with van der Waals surface area (Å²) in [6, 6.07) is 1.91. The van der Waals surface area contributed by atoms with E-state index in [1.54, 1.807) is 0 Å². The number of hydrogen-bond donors (Lipinski definition) is 1. The van der Waals surface area contributed by atoms with Crippen LogP contribution in [0.15, 0.2) is 10.5 Å². The van der Waals surface area contributed by atoms with Crippen molar-refractivity contribution in [3.05, 3.63) is 23.2 Å². The lowest BCUT2D eigenvalue weighted by Gasteiger charge is -2.18. The van der Waals surface area contributed by atoms with Crippen LogP contribution in [0.3, 0.4) is 0 Å². The summed E-state index contributed by atoms with van der Waals surface area (Å²) in [5, 5.41) is 3.28. The number of carbonyl (C=O) groups excluding carboxylic acids is 1. The van der Waals surface area contributed by atoms with Gasteiger partial charge in [-0.1, -0.05) is 0 Å². The number of amides is 1. The van der Waals surface area contributed by atoms with Crippen molar-refractivity contribution in [1.29, 1.82) is 0 Å². The van der Waals surface area contributed by atoms with E-state index in [-0.39, 0.29) is 5.91 Å². The summed E-state index contributed by atoms with van der Waals surface area (Å²) in [5.41, 5.74) is 0.930. The molecule has 0 aromatic carbocycles. The third-order valence-electron chi connectivity index (χ3n) is 2.86. The molecule has 0 atom stereocenters. The standard InChI is InChI=1S/C12H18N2O2/c1-9-8-10(2)16-11(9)12(15)14-6-3-4-13-5-7-14/h8,13H,3-7H2,1-2H3. The Morgan fingerprint density at radius 2 is 2.19 bits per heavy atom. The van der Waals surface area contributed by atoms with Crippen molar-refractivity contribution in [2.24, 2.45) is 0 Å². The van der Waals surface area contributed by atoms with Crippen LogP contribution in [0, 0.1) is 13.8 Å². The van der Waals surface area contributed by atoms with Crippen LogP contribution in [0.4, 0.5) is 0 Å². The van der Waals surface area contributed by atoms with E-state index >= 15 is 0 Å². The number of nitrogens with zero attached hydrogens (tertiary/aromatic N) is 1. The highest BCUT2D eigenvalue weighted by molar-refractivity contribution is 5.93. The SMILES string of the molecule is Cc1cc(C)c(C(=O)N2CCCNCC2)o1. The zero-order valence-corrected chi connectivity index (χ0v) is 9.88. The fourth-order valence-corrected chi connectivity index (χ4v) is 2.05. The monoisotopic (exact) mass is 222 g/mol. The van der Waals surface area contributed by atoms with Crippen LogP contribution in [0.2, 0.25) is 0 Å². The van der Waals surface area contributed by atoms with Crippen molar-refractivity contribution in [2.75, 3.05) is 26.2 Å². The van der Waals surface area contributed by atoms with E-state index in [1.165, 1.54) is 0 Å². The number of carbonyl (C=O) groups is 1. The first-order valence-electron chi connectivity index (χ1n) is 5.75. The van der Waals surface area contributed by atoms with Crippen LogP contribution in [0.25, 0.3) is 0 Å². The van der Waals surface area contributed by atoms with Gasteiger partial charge in [0.1, 0.15) is 5.76 Å². The number of furan rings is 1. The largest absolute Gasteiger partial charge is 0.456 e. The van der Waals surface area contributed by atoms with Gasteiger partial charge in [-0.15, -0.1) is 0 Å². The van der Waals surface area contributed by atoms with Crippen LogP contribution < -0.4 is 5.32 Å². The van der Waals surface area contributed by atoms with Crippen molar-refractivity contribution in [2.45, 2.75) is 20.3 Å². The van der Waals surface area contributed by atoms with Gasteiger partial charge < -0.3 is 14.6 Å². The molecule has 4 heteroatoms. The molecule has 4 nitrogen and oxygen atoms in total. The van der Waals surface area contributed by atoms with E-state index in [9.17, 15) is 4.79 Å². The van der Waals surface area contributed by atoms with E-state index in [4.69, 9.17) is 4.42 Å². The molecule has 1 aliphatic heterocycles. The molecule has 1 N–H and O–H groups in total. The Bertz CT molecular complexity index is 376. The highest BCUT2D eigenvalue weighted by Crippen LogP contribution is 2.16. The first-order chi connectivity index (χ1) is 7.68. The maximum absolute atomic E-state index is 12.2. The van der Waals surface area contributed by atoms with Gasteiger partial charge in [0.05, 0.1) is 0 Å². The molecule has 2 heterocycles. The van der Waals surface area contributed by atoms with Gasteiger partial charge in [0.25, 0.3) is 5.91 Å². The van der Waals surface area contributed by atoms with Crippen molar-refractivity contribution in [3.8, 4) is 0 Å². The Morgan fingerprint density at radius 3 is 2.88 bits per heavy atom. The number of rotatable bonds is 1. The highest BCUT2D eigenvalue weighted by Gasteiger charge is 2.21. The van der Waals surface area contributed by atoms with Crippen molar-refractivity contribution in [3.63, 3.8) is 0 Å². The first kappa shape index (κ1) is 11.2. The van der Waals surface area contributed by atoms with Gasteiger partial charge in [0.2, 0.25) is 0 Å². The minimum Gasteiger partial charge on any atom is -0.456 e. The zero-order valence-electron chi connectivity index (χ0n) is 9.88. The molecule has 0 unspecified atom stereocenters. The maximum atomic E-state index is 12.2. The summed E-state index contributed by atoms with van der Waals surface area (Å²) in [6.07, 6.45) is 1.00. The van der Waals surface area contributed by atoms with Crippen LogP contribution in [-0.2, 0) is 0 Å². The number of aryl methyl sites for hydroxylation is 2. The van der Waals surface area contributed by atoms with Gasteiger partial charge in [-0.2, -0.15) is 0 Å². The first-order valence-corrected chi connectivity index (χ1v) is 5.75. The minimum absolute atomic E-state index is 0.0225. The van der Waals surface area contributed by atoms with E-state index in [0.717, 1.165) is 43.9 Å². The molecular weight excluding hydrogens is 204 g/mol. The van der Waals surface area contributed by atoms with E-state index in [2.05, 4.69) is 5.32 Å². The minimum atomic E-state index is 0.0225. The summed E-state index contributed by atoms with van der Waals surface area (Å²) >= 11 is 0. The summed E-state index contributed by atoms with van der Waals surface area (Å²) in [4.78, 5) is 14.1. The lowest BCUT2D eigenvalue weighted by Crippen LogP contribution is -2.34. The fourth-order valence-electron chi connectivity index (χ4n) is 2.05. The van der Waals surface area contributed by atoms with Crippen LogP contribution in [0.1, 0.15) is 28.3 Å². The third-order valence-corrected chi connectivity index (χ3v) is 2.86. The second-order valence-corrected chi connectivity index (χ2v) is 4.26. The second kappa shape index (κ2) is 4.70. The normalized spacial score (nSPS) is 17.2. The molecular formula is C12H18N2O2. The lowest BCUT2D eigenvalue weighted by atomic mass is 10.2. The lowest BCUT2D eigenvalue weighted by molar-refractivity contribution is 0.0732. The molecule has 0 bridgehead atoms. The Hall–Kier alpha value is -1.29. The van der Waals surface area contributed by atoms with Gasteiger partial charge in [0.15, 0.2) is 5.76 Å². The van der Waals surface area contributed by atoms with E-state index in [1.807, 2.05) is 24.8 Å². The van der Waals surface area contributed by atoms with Gasteiger partial charge in [-0.25, -0.2) is 0 Å². The van der Waals surface area contributed by atoms with Crippen LogP contribution >= 0.6 is 0 Å². The Balaban J connectivity index is 2.14. The summed E-state index contributed by atoms with van der Waals surface area (Å²) in [7, 11) is 0. The molecule has 1 aliphatic rings. The Labute approximate surface area is 95.6 Å². The van der Waals surface area contributed by atoms with E-state index in [0.29, 0.717) is 5.76 Å². The smallest absolute Gasteiger partial charge is 0.289 e. The Morgan fingerprint density at radius 1 is 1.38 bits per heavy atom. The van der Waals surface area contributed by atoms with E-state index < -0.39 is 0 Å². The van der Waals surface area contributed by atoms with Crippen LogP contribution in [-0.4, -0.2) is 37.0 Å². The number of nitrogens with one attached hydrogen (secondary N) is 1. The highest BCUT2D eigenvalue weighted by atomic mass is 16.4. The second-order valence-electron chi connectivity index (χ2n) is 4.26. The molecule has 1 aromatic rings. The van der Waals surface area contributed by atoms with Crippen molar-refractivity contribution < 1.29 is 9.21 Å². The zero-order chi connectivity index (χ0) is 11.5. The third kappa shape index (κ3) is 2.27. The molecule has 1 fully saturated rings. The van der Waals surface area contributed by atoms with Crippen LogP contribution in [0.5, 0.6) is 0 Å². The average Bonchev–Trinajstić information content (AvgIpc) is 2.49. The fraction of sp³-hybridized carbons (Fsp3) is 0.583. The quantitative estimate of drug-likeness (QED) is 0.779. The van der Waals surface area contributed by atoms with Crippen molar-refractivity contribution in [1.82, 2.24) is 10.2 Å². The summed E-state index contributed by atoms with van der Waals surface area (Å²) in [5.74, 6) is 1.32. The molecule has 0 spiro atoms. The molecule has 88 valence electrons.